The van der Waals surface area contributed by atoms with Crippen molar-refractivity contribution in [2.45, 2.75) is 44.8 Å². The van der Waals surface area contributed by atoms with Gasteiger partial charge >= 0.3 is 25.4 Å². The van der Waals surface area contributed by atoms with Gasteiger partial charge in [-0.2, -0.15) is 0 Å². The van der Waals surface area contributed by atoms with Gasteiger partial charge < -0.3 is 24.3 Å². The predicted molar refractivity (Wildman–Crippen MR) is 75.3 cm³/mol. The van der Waals surface area contributed by atoms with E-state index in [1.165, 1.54) is 6.92 Å². The summed E-state index contributed by atoms with van der Waals surface area (Å²) < 4.78 is 165. The van der Waals surface area contributed by atoms with Crippen LogP contribution in [0.5, 0.6) is 23.0 Å². The summed E-state index contributed by atoms with van der Waals surface area (Å²) >= 11 is 0. The van der Waals surface area contributed by atoms with Crippen LogP contribution in [0, 0.1) is 0 Å². The van der Waals surface area contributed by atoms with Crippen LogP contribution in [0.15, 0.2) is 6.07 Å². The standard InChI is InChI=1S/C14H11F12NO4/c1-3-6(27-2)5-4-7(28-11(15,16)17)9(30-13(21,22)23)10(31-14(24,25)26)8(5)29-12(18,19)20/h4,6,27H,3H2,1-2H3. The molecule has 0 aliphatic heterocycles. The van der Waals surface area contributed by atoms with Crippen molar-refractivity contribution in [1.29, 1.82) is 0 Å². The maximum absolute atomic E-state index is 12.8. The molecule has 1 aromatic rings. The van der Waals surface area contributed by atoms with E-state index in [4.69, 9.17) is 0 Å². The average Bonchev–Trinajstić information content (AvgIpc) is 2.50. The third-order valence-corrected chi connectivity index (χ3v) is 3.20. The van der Waals surface area contributed by atoms with E-state index in [2.05, 4.69) is 24.3 Å². The SMILES string of the molecule is CCC(NC)c1cc(OC(F)(F)F)c(OC(F)(F)F)c(OC(F)(F)F)c1OC(F)(F)F. The molecule has 0 saturated carbocycles. The summed E-state index contributed by atoms with van der Waals surface area (Å²) in [7, 11) is 1.06. The Morgan fingerprint density at radius 1 is 0.677 bits per heavy atom. The minimum Gasteiger partial charge on any atom is -0.402 e. The third-order valence-electron chi connectivity index (χ3n) is 3.20. The molecule has 1 aromatic carbocycles. The summed E-state index contributed by atoms with van der Waals surface area (Å²) in [6.45, 7) is 1.24. The second kappa shape index (κ2) is 8.96. The summed E-state index contributed by atoms with van der Waals surface area (Å²) in [6.07, 6.45) is -23.8. The van der Waals surface area contributed by atoms with Crippen LogP contribution in [-0.2, 0) is 0 Å². The number of alkyl halides is 12. The fourth-order valence-electron chi connectivity index (χ4n) is 2.30. The molecule has 5 nitrogen and oxygen atoms in total. The van der Waals surface area contributed by atoms with Crippen molar-refractivity contribution in [1.82, 2.24) is 5.32 Å². The minimum absolute atomic E-state index is 0.0382. The molecule has 1 N–H and O–H groups in total. The average molecular weight is 485 g/mol. The highest BCUT2D eigenvalue weighted by Gasteiger charge is 2.45. The van der Waals surface area contributed by atoms with Crippen molar-refractivity contribution >= 4 is 0 Å². The summed E-state index contributed by atoms with van der Waals surface area (Å²) in [4.78, 5) is 0. The molecule has 0 fully saturated rings. The molecule has 0 aromatic heterocycles. The Morgan fingerprint density at radius 2 is 1.06 bits per heavy atom. The van der Waals surface area contributed by atoms with Crippen molar-refractivity contribution in [2.24, 2.45) is 0 Å². The number of hydrogen-bond donors (Lipinski definition) is 1. The van der Waals surface area contributed by atoms with Crippen LogP contribution in [0.2, 0.25) is 0 Å². The van der Waals surface area contributed by atoms with Gasteiger partial charge in [0.25, 0.3) is 0 Å². The molecule has 0 aliphatic carbocycles. The lowest BCUT2D eigenvalue weighted by Crippen LogP contribution is -2.27. The van der Waals surface area contributed by atoms with E-state index in [-0.39, 0.29) is 12.5 Å². The molecule has 180 valence electrons. The summed E-state index contributed by atoms with van der Waals surface area (Å²) in [5.41, 5.74) is -1.09. The first-order chi connectivity index (χ1) is 13.8. The zero-order valence-corrected chi connectivity index (χ0v) is 15.0. The molecule has 0 bridgehead atoms. The fourth-order valence-corrected chi connectivity index (χ4v) is 2.30. The summed E-state index contributed by atoms with van der Waals surface area (Å²) in [5.74, 6) is -9.04. The smallest absolute Gasteiger partial charge is 0.402 e. The van der Waals surface area contributed by atoms with E-state index in [1.54, 1.807) is 0 Å². The number of halogens is 12. The molecule has 31 heavy (non-hydrogen) atoms. The largest absolute Gasteiger partial charge is 0.573 e. The number of nitrogens with one attached hydrogen (secondary N) is 1. The second-order valence-electron chi connectivity index (χ2n) is 5.39. The van der Waals surface area contributed by atoms with E-state index in [0.717, 1.165) is 7.05 Å². The Balaban J connectivity index is 4.06. The Bertz CT molecular complexity index is 750. The van der Waals surface area contributed by atoms with Crippen LogP contribution in [0.25, 0.3) is 0 Å². The van der Waals surface area contributed by atoms with Crippen molar-refractivity contribution in [3.63, 3.8) is 0 Å². The molecule has 1 rings (SSSR count). The van der Waals surface area contributed by atoms with Crippen LogP contribution in [0.1, 0.15) is 24.9 Å². The van der Waals surface area contributed by atoms with Gasteiger partial charge in [-0.15, -0.1) is 52.7 Å². The lowest BCUT2D eigenvalue weighted by atomic mass is 10.0. The molecule has 17 heteroatoms. The Hall–Kier alpha value is -2.46. The first kappa shape index (κ1) is 26.6. The summed E-state index contributed by atoms with van der Waals surface area (Å²) in [5, 5.41) is 2.26. The van der Waals surface area contributed by atoms with Gasteiger partial charge in [0.15, 0.2) is 11.5 Å². The quantitative estimate of drug-likeness (QED) is 0.484. The van der Waals surface area contributed by atoms with Gasteiger partial charge in [-0.3, -0.25) is 0 Å². The van der Waals surface area contributed by atoms with E-state index in [1.807, 2.05) is 0 Å². The van der Waals surface area contributed by atoms with Gasteiger partial charge in [0, 0.05) is 11.6 Å². The molecule has 0 radical (unpaired) electrons. The zero-order valence-electron chi connectivity index (χ0n) is 15.0. The maximum Gasteiger partial charge on any atom is 0.573 e. The second-order valence-corrected chi connectivity index (χ2v) is 5.39. The maximum atomic E-state index is 12.8. The highest BCUT2D eigenvalue weighted by Crippen LogP contribution is 2.54. The molecule has 0 saturated heterocycles. The van der Waals surface area contributed by atoms with Gasteiger partial charge in [-0.25, -0.2) is 0 Å². The van der Waals surface area contributed by atoms with Crippen LogP contribution in [0.4, 0.5) is 52.7 Å². The topological polar surface area (TPSA) is 49.0 Å². The summed E-state index contributed by atoms with van der Waals surface area (Å²) in [6, 6.07) is -1.48. The van der Waals surface area contributed by atoms with Gasteiger partial charge in [-0.1, -0.05) is 6.92 Å². The van der Waals surface area contributed by atoms with Crippen LogP contribution in [-0.4, -0.2) is 32.5 Å². The lowest BCUT2D eigenvalue weighted by molar-refractivity contribution is -0.297. The number of benzene rings is 1. The molecular formula is C14H11F12NO4. The van der Waals surface area contributed by atoms with Crippen LogP contribution >= 0.6 is 0 Å². The van der Waals surface area contributed by atoms with Crippen LogP contribution in [0.3, 0.4) is 0 Å². The van der Waals surface area contributed by atoms with Gasteiger partial charge in [0.1, 0.15) is 0 Å². The third kappa shape index (κ3) is 8.66. The van der Waals surface area contributed by atoms with Gasteiger partial charge in [-0.05, 0) is 19.5 Å². The van der Waals surface area contributed by atoms with Gasteiger partial charge in [0.2, 0.25) is 11.5 Å². The molecule has 0 aliphatic rings. The lowest BCUT2D eigenvalue weighted by Gasteiger charge is -2.26. The van der Waals surface area contributed by atoms with E-state index >= 15 is 0 Å². The highest BCUT2D eigenvalue weighted by molar-refractivity contribution is 5.64. The van der Waals surface area contributed by atoms with Crippen molar-refractivity contribution in [2.75, 3.05) is 7.05 Å². The molecular weight excluding hydrogens is 474 g/mol. The molecule has 0 heterocycles. The minimum atomic E-state index is -5.97. The number of ether oxygens (including phenoxy) is 4. The Kier molecular flexibility index (Phi) is 7.68. The Labute approximate surface area is 164 Å². The van der Waals surface area contributed by atoms with Crippen LogP contribution < -0.4 is 24.3 Å². The first-order valence-electron chi connectivity index (χ1n) is 7.67. The Morgan fingerprint density at radius 3 is 1.42 bits per heavy atom. The molecule has 1 atom stereocenters. The van der Waals surface area contributed by atoms with Gasteiger partial charge in [0.05, 0.1) is 0 Å². The molecule has 0 spiro atoms. The number of rotatable bonds is 7. The fraction of sp³-hybridized carbons (Fsp3) is 0.571. The number of hydrogen-bond acceptors (Lipinski definition) is 5. The van der Waals surface area contributed by atoms with Crippen molar-refractivity contribution in [3.8, 4) is 23.0 Å². The normalized spacial score (nSPS) is 14.3. The predicted octanol–water partition coefficient (Wildman–Crippen LogP) is 5.95. The highest BCUT2D eigenvalue weighted by atomic mass is 19.4. The molecule has 0 amide bonds. The monoisotopic (exact) mass is 485 g/mol. The van der Waals surface area contributed by atoms with Crippen molar-refractivity contribution < 1.29 is 71.6 Å². The first-order valence-corrected chi connectivity index (χ1v) is 7.67. The zero-order chi connectivity index (χ0) is 24.4. The molecule has 1 unspecified atom stereocenters. The van der Waals surface area contributed by atoms with E-state index < -0.39 is 60.1 Å². The van der Waals surface area contributed by atoms with E-state index in [0.29, 0.717) is 0 Å². The van der Waals surface area contributed by atoms with Crippen molar-refractivity contribution in [3.05, 3.63) is 11.6 Å². The van der Waals surface area contributed by atoms with E-state index in [9.17, 15) is 52.7 Å².